The minimum absolute atomic E-state index is 0.0259. The summed E-state index contributed by atoms with van der Waals surface area (Å²) in [7, 11) is 0.738. The van der Waals surface area contributed by atoms with Gasteiger partial charge in [0.2, 0.25) is 10.0 Å². The van der Waals surface area contributed by atoms with E-state index in [0.29, 0.717) is 24.5 Å². The highest BCUT2D eigenvalue weighted by Gasteiger charge is 2.18. The van der Waals surface area contributed by atoms with Gasteiger partial charge in [-0.25, -0.2) is 13.6 Å². The minimum atomic E-state index is -4.01. The molecule has 7 nitrogen and oxygen atoms in total. The van der Waals surface area contributed by atoms with Crippen LogP contribution in [0.1, 0.15) is 15.9 Å². The van der Waals surface area contributed by atoms with Gasteiger partial charge in [-0.15, -0.1) is 0 Å². The van der Waals surface area contributed by atoms with E-state index in [2.05, 4.69) is 0 Å². The maximum atomic E-state index is 12.6. The molecular formula is C18H21ClN2O5S. The number of nitrogens with two attached hydrogens (primary N) is 1. The first-order valence-corrected chi connectivity index (χ1v) is 9.88. The lowest BCUT2D eigenvalue weighted by molar-refractivity contribution is 0.0796. The number of primary sulfonamides is 1. The Bertz CT molecular complexity index is 947. The van der Waals surface area contributed by atoms with E-state index in [1.807, 2.05) is 12.1 Å². The van der Waals surface area contributed by atoms with Crippen molar-refractivity contribution >= 4 is 27.5 Å². The van der Waals surface area contributed by atoms with E-state index < -0.39 is 10.0 Å². The van der Waals surface area contributed by atoms with Crippen LogP contribution in [0.25, 0.3) is 0 Å². The van der Waals surface area contributed by atoms with Crippen molar-refractivity contribution in [3.8, 4) is 11.5 Å². The molecule has 0 aliphatic heterocycles. The number of amides is 1. The van der Waals surface area contributed by atoms with Gasteiger partial charge in [-0.05, 0) is 42.3 Å². The highest BCUT2D eigenvalue weighted by molar-refractivity contribution is 7.89. The second-order valence-electron chi connectivity index (χ2n) is 5.86. The van der Waals surface area contributed by atoms with Crippen LogP contribution >= 0.6 is 11.6 Å². The second kappa shape index (κ2) is 8.60. The minimum Gasteiger partial charge on any atom is -0.493 e. The summed E-state index contributed by atoms with van der Waals surface area (Å²) in [6, 6.07) is 9.53. The van der Waals surface area contributed by atoms with Gasteiger partial charge >= 0.3 is 0 Å². The topological polar surface area (TPSA) is 98.9 Å². The molecule has 0 saturated heterocycles. The average Bonchev–Trinajstić information content (AvgIpc) is 2.64. The third-order valence-electron chi connectivity index (χ3n) is 4.02. The highest BCUT2D eigenvalue weighted by Crippen LogP contribution is 2.28. The third-order valence-corrected chi connectivity index (χ3v) is 5.41. The molecule has 2 rings (SSSR count). The molecule has 1 amide bonds. The van der Waals surface area contributed by atoms with E-state index >= 15 is 0 Å². The van der Waals surface area contributed by atoms with Crippen LogP contribution in [0.2, 0.25) is 5.02 Å². The van der Waals surface area contributed by atoms with Crippen molar-refractivity contribution in [2.24, 2.45) is 5.14 Å². The maximum absolute atomic E-state index is 12.6. The zero-order valence-electron chi connectivity index (χ0n) is 15.2. The van der Waals surface area contributed by atoms with Crippen molar-refractivity contribution < 1.29 is 22.7 Å². The number of benzene rings is 2. The summed E-state index contributed by atoms with van der Waals surface area (Å²) in [5.41, 5.74) is 1.16. The summed E-state index contributed by atoms with van der Waals surface area (Å²) < 4.78 is 33.6. The molecule has 9 heteroatoms. The van der Waals surface area contributed by atoms with Gasteiger partial charge in [0, 0.05) is 19.2 Å². The summed E-state index contributed by atoms with van der Waals surface area (Å²) in [4.78, 5) is 13.8. The first kappa shape index (κ1) is 21.0. The van der Waals surface area contributed by atoms with Crippen LogP contribution in [0.15, 0.2) is 41.3 Å². The van der Waals surface area contributed by atoms with E-state index in [9.17, 15) is 13.2 Å². The van der Waals surface area contributed by atoms with Crippen LogP contribution in [-0.2, 0) is 16.4 Å². The first-order chi connectivity index (χ1) is 12.7. The number of carbonyl (C=O) groups is 1. The van der Waals surface area contributed by atoms with Crippen molar-refractivity contribution in [2.75, 3.05) is 27.8 Å². The Morgan fingerprint density at radius 3 is 2.37 bits per heavy atom. The molecule has 0 aliphatic carbocycles. The van der Waals surface area contributed by atoms with Crippen LogP contribution < -0.4 is 14.6 Å². The normalized spacial score (nSPS) is 11.1. The Labute approximate surface area is 163 Å². The lowest BCUT2D eigenvalue weighted by atomic mass is 10.1. The fourth-order valence-corrected chi connectivity index (χ4v) is 3.58. The Kier molecular flexibility index (Phi) is 6.69. The number of ether oxygens (including phenoxy) is 2. The fourth-order valence-electron chi connectivity index (χ4n) is 2.51. The maximum Gasteiger partial charge on any atom is 0.253 e. The summed E-state index contributed by atoms with van der Waals surface area (Å²) in [5, 5.41) is 5.10. The zero-order valence-corrected chi connectivity index (χ0v) is 16.8. The standard InChI is InChI=1S/C18H21ClN2O5S/c1-21(9-8-12-4-7-15(25-2)16(10-12)26-3)18(22)13-5-6-14(19)17(11-13)27(20,23)24/h4-7,10-11H,8-9H2,1-3H3,(H2,20,23,24). The van der Waals surface area contributed by atoms with Gasteiger partial charge < -0.3 is 14.4 Å². The van der Waals surface area contributed by atoms with E-state index in [4.69, 9.17) is 26.2 Å². The summed E-state index contributed by atoms with van der Waals surface area (Å²) >= 11 is 5.85. The predicted octanol–water partition coefficient (Wildman–Crippen LogP) is 2.32. The van der Waals surface area contributed by atoms with Crippen molar-refractivity contribution in [1.82, 2.24) is 4.90 Å². The molecular weight excluding hydrogens is 392 g/mol. The molecule has 0 aliphatic rings. The SMILES string of the molecule is COc1ccc(CCN(C)C(=O)c2ccc(Cl)c(S(N)(=O)=O)c2)cc1OC. The monoisotopic (exact) mass is 412 g/mol. The van der Waals surface area contributed by atoms with E-state index in [1.54, 1.807) is 27.3 Å². The van der Waals surface area contributed by atoms with Crippen LogP contribution in [-0.4, -0.2) is 47.0 Å². The smallest absolute Gasteiger partial charge is 0.253 e. The van der Waals surface area contributed by atoms with Gasteiger partial charge in [-0.3, -0.25) is 4.79 Å². The number of carbonyl (C=O) groups excluding carboxylic acids is 1. The molecule has 2 aromatic carbocycles. The van der Waals surface area contributed by atoms with Crippen LogP contribution in [0.5, 0.6) is 11.5 Å². The Balaban J connectivity index is 2.13. The molecule has 0 saturated carbocycles. The number of sulfonamides is 1. The van der Waals surface area contributed by atoms with Gasteiger partial charge in [-0.2, -0.15) is 0 Å². The van der Waals surface area contributed by atoms with Gasteiger partial charge in [0.15, 0.2) is 11.5 Å². The number of rotatable bonds is 7. The molecule has 0 bridgehead atoms. The molecule has 0 heterocycles. The van der Waals surface area contributed by atoms with Crippen molar-refractivity contribution in [2.45, 2.75) is 11.3 Å². The Hall–Kier alpha value is -2.29. The summed E-state index contributed by atoms with van der Waals surface area (Å²) in [6.07, 6.45) is 0.582. The molecule has 0 atom stereocenters. The Morgan fingerprint density at radius 1 is 1.11 bits per heavy atom. The number of nitrogens with zero attached hydrogens (tertiary/aromatic N) is 1. The van der Waals surface area contributed by atoms with Crippen molar-refractivity contribution in [3.05, 3.63) is 52.5 Å². The molecule has 2 aromatic rings. The number of likely N-dealkylation sites (N-methyl/N-ethyl adjacent to an activating group) is 1. The second-order valence-corrected chi connectivity index (χ2v) is 7.79. The van der Waals surface area contributed by atoms with Crippen LogP contribution in [0.3, 0.4) is 0 Å². The molecule has 0 spiro atoms. The molecule has 0 unspecified atom stereocenters. The fraction of sp³-hybridized carbons (Fsp3) is 0.278. The van der Waals surface area contributed by atoms with Gasteiger partial charge in [-0.1, -0.05) is 17.7 Å². The number of halogens is 1. The van der Waals surface area contributed by atoms with Crippen LogP contribution in [0.4, 0.5) is 0 Å². The zero-order chi connectivity index (χ0) is 20.2. The lowest BCUT2D eigenvalue weighted by Gasteiger charge is -2.18. The molecule has 27 heavy (non-hydrogen) atoms. The largest absolute Gasteiger partial charge is 0.493 e. The summed E-state index contributed by atoms with van der Waals surface area (Å²) in [5.74, 6) is 0.902. The van der Waals surface area contributed by atoms with Gasteiger partial charge in [0.25, 0.3) is 5.91 Å². The molecule has 0 fully saturated rings. The van der Waals surface area contributed by atoms with Crippen molar-refractivity contribution in [1.29, 1.82) is 0 Å². The average molecular weight is 413 g/mol. The third kappa shape index (κ3) is 5.12. The Morgan fingerprint density at radius 2 is 1.78 bits per heavy atom. The van der Waals surface area contributed by atoms with E-state index in [-0.39, 0.29) is 21.4 Å². The molecule has 2 N–H and O–H groups in total. The molecule has 146 valence electrons. The molecule has 0 radical (unpaired) electrons. The van der Waals surface area contributed by atoms with Crippen molar-refractivity contribution in [3.63, 3.8) is 0 Å². The number of hydrogen-bond donors (Lipinski definition) is 1. The van der Waals surface area contributed by atoms with E-state index in [1.165, 1.54) is 23.1 Å². The van der Waals surface area contributed by atoms with Gasteiger partial charge in [0.05, 0.1) is 19.2 Å². The first-order valence-electron chi connectivity index (χ1n) is 7.96. The van der Waals surface area contributed by atoms with Crippen LogP contribution in [0, 0.1) is 0 Å². The van der Waals surface area contributed by atoms with E-state index in [0.717, 1.165) is 5.56 Å². The number of methoxy groups -OCH3 is 2. The summed E-state index contributed by atoms with van der Waals surface area (Å²) in [6.45, 7) is 0.418. The number of hydrogen-bond acceptors (Lipinski definition) is 5. The quantitative estimate of drug-likeness (QED) is 0.752. The highest BCUT2D eigenvalue weighted by atomic mass is 35.5. The molecule has 0 aromatic heterocycles. The predicted molar refractivity (Wildman–Crippen MR) is 103 cm³/mol. The lowest BCUT2D eigenvalue weighted by Crippen LogP contribution is -2.29. The van der Waals surface area contributed by atoms with Gasteiger partial charge in [0.1, 0.15) is 4.90 Å².